The fourth-order valence-electron chi connectivity index (χ4n) is 2.84. The summed E-state index contributed by atoms with van der Waals surface area (Å²) in [6, 6.07) is 13.5. The largest absolute Gasteiger partial charge is 0.489 e. The lowest BCUT2D eigenvalue weighted by Crippen LogP contribution is -2.30. The fraction of sp³-hybridized carbons (Fsp3) is 0.286. The summed E-state index contributed by atoms with van der Waals surface area (Å²) in [6.45, 7) is 6.52. The molecule has 1 N–H and O–H groups in total. The molecule has 0 aliphatic heterocycles. The van der Waals surface area contributed by atoms with Crippen LogP contribution < -0.4 is 10.1 Å². The molecule has 2 aromatic heterocycles. The van der Waals surface area contributed by atoms with Crippen LogP contribution in [0.2, 0.25) is 0 Å². The Balaban J connectivity index is 1.53. The molecule has 1 aromatic carbocycles. The third-order valence-corrected chi connectivity index (χ3v) is 4.28. The Kier molecular flexibility index (Phi) is 5.86. The standard InChI is InChI=1S/C21H24N4O2/c1-15-11-16(2)25(24-15)13-21(26)23-17(3)19-6-8-20(9-7-19)27-14-18-5-4-10-22-12-18/h4-12,17H,13-14H2,1-3H3,(H,23,26)/t17-/m0/s1. The van der Waals surface area contributed by atoms with Gasteiger partial charge >= 0.3 is 0 Å². The number of pyridine rings is 1. The van der Waals surface area contributed by atoms with Crippen LogP contribution in [0.25, 0.3) is 0 Å². The highest BCUT2D eigenvalue weighted by Gasteiger charge is 2.12. The summed E-state index contributed by atoms with van der Waals surface area (Å²) >= 11 is 0. The Morgan fingerprint density at radius 2 is 2.00 bits per heavy atom. The van der Waals surface area contributed by atoms with Gasteiger partial charge in [-0.05, 0) is 50.6 Å². The van der Waals surface area contributed by atoms with Gasteiger partial charge in [0, 0.05) is 23.7 Å². The molecule has 3 aromatic rings. The number of carbonyl (C=O) groups is 1. The van der Waals surface area contributed by atoms with Crippen molar-refractivity contribution in [3.8, 4) is 5.75 Å². The van der Waals surface area contributed by atoms with Gasteiger partial charge in [0.15, 0.2) is 0 Å². The quantitative estimate of drug-likeness (QED) is 0.698. The van der Waals surface area contributed by atoms with Crippen molar-refractivity contribution in [3.63, 3.8) is 0 Å². The van der Waals surface area contributed by atoms with E-state index in [1.807, 2.05) is 63.2 Å². The van der Waals surface area contributed by atoms with Gasteiger partial charge in [-0.25, -0.2) is 0 Å². The van der Waals surface area contributed by atoms with E-state index in [-0.39, 0.29) is 18.5 Å². The number of aryl methyl sites for hydroxylation is 2. The normalized spacial score (nSPS) is 11.8. The number of carbonyl (C=O) groups excluding carboxylic acids is 1. The van der Waals surface area contributed by atoms with Gasteiger partial charge < -0.3 is 10.1 Å². The molecule has 6 nitrogen and oxygen atoms in total. The summed E-state index contributed by atoms with van der Waals surface area (Å²) in [4.78, 5) is 16.4. The van der Waals surface area contributed by atoms with Crippen LogP contribution in [0.1, 0.15) is 35.5 Å². The molecule has 3 rings (SSSR count). The molecule has 1 amide bonds. The van der Waals surface area contributed by atoms with Crippen molar-refractivity contribution in [1.82, 2.24) is 20.1 Å². The Bertz CT molecular complexity index is 888. The van der Waals surface area contributed by atoms with Gasteiger partial charge in [-0.2, -0.15) is 5.10 Å². The Morgan fingerprint density at radius 1 is 1.22 bits per heavy atom. The summed E-state index contributed by atoms with van der Waals surface area (Å²) in [5.41, 5.74) is 3.93. The van der Waals surface area contributed by atoms with Crippen molar-refractivity contribution in [3.05, 3.63) is 77.4 Å². The number of ether oxygens (including phenoxy) is 1. The van der Waals surface area contributed by atoms with E-state index in [0.29, 0.717) is 6.61 Å². The summed E-state index contributed by atoms with van der Waals surface area (Å²) in [7, 11) is 0. The van der Waals surface area contributed by atoms with Crippen molar-refractivity contribution in [2.24, 2.45) is 0 Å². The van der Waals surface area contributed by atoms with Gasteiger partial charge in [0.05, 0.1) is 11.7 Å². The minimum Gasteiger partial charge on any atom is -0.489 e. The summed E-state index contributed by atoms with van der Waals surface area (Å²) < 4.78 is 7.48. The molecule has 6 heteroatoms. The number of hydrogen-bond acceptors (Lipinski definition) is 4. The van der Waals surface area contributed by atoms with Crippen LogP contribution in [0.5, 0.6) is 5.75 Å². The number of nitrogens with one attached hydrogen (secondary N) is 1. The van der Waals surface area contributed by atoms with Crippen LogP contribution in [0, 0.1) is 13.8 Å². The molecule has 0 saturated heterocycles. The summed E-state index contributed by atoms with van der Waals surface area (Å²) in [5.74, 6) is 0.717. The molecule has 1 atom stereocenters. The molecular formula is C21H24N4O2. The van der Waals surface area contributed by atoms with Crippen LogP contribution in [-0.2, 0) is 17.9 Å². The van der Waals surface area contributed by atoms with E-state index in [9.17, 15) is 4.79 Å². The average Bonchev–Trinajstić information content (AvgIpc) is 2.98. The first-order valence-electron chi connectivity index (χ1n) is 8.93. The SMILES string of the molecule is Cc1cc(C)n(CC(=O)N[C@@H](C)c2ccc(OCc3cccnc3)cc2)n1. The number of aromatic nitrogens is 3. The zero-order chi connectivity index (χ0) is 19.2. The third-order valence-electron chi connectivity index (χ3n) is 4.28. The fourth-order valence-corrected chi connectivity index (χ4v) is 2.84. The maximum Gasteiger partial charge on any atom is 0.242 e. The van der Waals surface area contributed by atoms with Crippen molar-refractivity contribution in [1.29, 1.82) is 0 Å². The van der Waals surface area contributed by atoms with Crippen molar-refractivity contribution < 1.29 is 9.53 Å². The lowest BCUT2D eigenvalue weighted by atomic mass is 10.1. The number of hydrogen-bond donors (Lipinski definition) is 1. The van der Waals surface area contributed by atoms with Crippen LogP contribution in [-0.4, -0.2) is 20.7 Å². The highest BCUT2D eigenvalue weighted by atomic mass is 16.5. The number of amides is 1. The van der Waals surface area contributed by atoms with E-state index in [2.05, 4.69) is 15.4 Å². The number of nitrogens with zero attached hydrogens (tertiary/aromatic N) is 3. The molecule has 0 unspecified atom stereocenters. The Morgan fingerprint density at radius 3 is 2.63 bits per heavy atom. The number of rotatable bonds is 7. The van der Waals surface area contributed by atoms with E-state index in [1.54, 1.807) is 17.1 Å². The van der Waals surface area contributed by atoms with E-state index < -0.39 is 0 Å². The molecule has 27 heavy (non-hydrogen) atoms. The first kappa shape index (κ1) is 18.6. The molecule has 140 valence electrons. The lowest BCUT2D eigenvalue weighted by molar-refractivity contribution is -0.122. The van der Waals surface area contributed by atoms with Crippen molar-refractivity contribution in [2.45, 2.75) is 40.0 Å². The lowest BCUT2D eigenvalue weighted by Gasteiger charge is -2.15. The van der Waals surface area contributed by atoms with Gasteiger partial charge in [0.1, 0.15) is 18.9 Å². The summed E-state index contributed by atoms with van der Waals surface area (Å²) in [5, 5.41) is 7.33. The van der Waals surface area contributed by atoms with Gasteiger partial charge in [0.25, 0.3) is 0 Å². The second-order valence-electron chi connectivity index (χ2n) is 6.59. The minimum atomic E-state index is -0.0955. The maximum atomic E-state index is 12.3. The van der Waals surface area contributed by atoms with Gasteiger partial charge in [-0.15, -0.1) is 0 Å². The maximum absolute atomic E-state index is 12.3. The average molecular weight is 364 g/mol. The zero-order valence-electron chi connectivity index (χ0n) is 15.8. The molecule has 0 saturated carbocycles. The van der Waals surface area contributed by atoms with E-state index in [4.69, 9.17) is 4.74 Å². The molecule has 0 fully saturated rings. The smallest absolute Gasteiger partial charge is 0.242 e. The minimum absolute atomic E-state index is 0.0643. The summed E-state index contributed by atoms with van der Waals surface area (Å²) in [6.07, 6.45) is 3.53. The van der Waals surface area contributed by atoms with Crippen LogP contribution in [0.3, 0.4) is 0 Å². The van der Waals surface area contributed by atoms with Gasteiger partial charge in [-0.1, -0.05) is 18.2 Å². The zero-order valence-corrected chi connectivity index (χ0v) is 15.8. The van der Waals surface area contributed by atoms with E-state index >= 15 is 0 Å². The van der Waals surface area contributed by atoms with Gasteiger partial charge in [-0.3, -0.25) is 14.5 Å². The van der Waals surface area contributed by atoms with Crippen molar-refractivity contribution in [2.75, 3.05) is 0 Å². The van der Waals surface area contributed by atoms with Crippen LogP contribution in [0.15, 0.2) is 54.9 Å². The van der Waals surface area contributed by atoms with Crippen LogP contribution in [0.4, 0.5) is 0 Å². The molecule has 2 heterocycles. The second-order valence-corrected chi connectivity index (χ2v) is 6.59. The highest BCUT2D eigenvalue weighted by molar-refractivity contribution is 5.76. The van der Waals surface area contributed by atoms with E-state index in [0.717, 1.165) is 28.3 Å². The third kappa shape index (κ3) is 5.17. The first-order chi connectivity index (χ1) is 13.0. The highest BCUT2D eigenvalue weighted by Crippen LogP contribution is 2.18. The molecule has 0 aliphatic rings. The molecule has 0 spiro atoms. The number of benzene rings is 1. The van der Waals surface area contributed by atoms with E-state index in [1.165, 1.54) is 0 Å². The van der Waals surface area contributed by atoms with Crippen molar-refractivity contribution >= 4 is 5.91 Å². The monoisotopic (exact) mass is 364 g/mol. The predicted octanol–water partition coefficient (Wildman–Crippen LogP) is 3.35. The van der Waals surface area contributed by atoms with Crippen LogP contribution >= 0.6 is 0 Å². The van der Waals surface area contributed by atoms with Gasteiger partial charge in [0.2, 0.25) is 5.91 Å². The molecular weight excluding hydrogens is 340 g/mol. The topological polar surface area (TPSA) is 69.0 Å². The Hall–Kier alpha value is -3.15. The predicted molar refractivity (Wildman–Crippen MR) is 103 cm³/mol. The molecule has 0 radical (unpaired) electrons. The second kappa shape index (κ2) is 8.49. The molecule has 0 aliphatic carbocycles. The first-order valence-corrected chi connectivity index (χ1v) is 8.93. The molecule has 0 bridgehead atoms. The Labute approximate surface area is 159 Å².